The molecular weight excluding hydrogens is 203 g/mol. The van der Waals surface area contributed by atoms with Crippen LogP contribution in [0, 0.1) is 5.82 Å². The van der Waals surface area contributed by atoms with Gasteiger partial charge in [0.25, 0.3) is 0 Å². The third-order valence-electron chi connectivity index (χ3n) is 2.08. The van der Waals surface area contributed by atoms with Gasteiger partial charge in [-0.2, -0.15) is 0 Å². The molecular formula is C10H10ClFN2. The zero-order chi connectivity index (χ0) is 9.97. The highest BCUT2D eigenvalue weighted by molar-refractivity contribution is 6.31. The van der Waals surface area contributed by atoms with Crippen molar-refractivity contribution in [2.75, 3.05) is 11.9 Å². The van der Waals surface area contributed by atoms with E-state index in [1.54, 1.807) is 12.1 Å². The number of hydrogen-bond acceptors (Lipinski definition) is 2. The zero-order valence-electron chi connectivity index (χ0n) is 7.56. The molecule has 0 fully saturated rings. The molecule has 1 aliphatic rings. The summed E-state index contributed by atoms with van der Waals surface area (Å²) in [6.07, 6.45) is 2.03. The van der Waals surface area contributed by atoms with Crippen LogP contribution in [0.15, 0.2) is 23.2 Å². The molecule has 0 bridgehead atoms. The van der Waals surface area contributed by atoms with Gasteiger partial charge in [0.2, 0.25) is 0 Å². The summed E-state index contributed by atoms with van der Waals surface area (Å²) in [5.41, 5.74) is 0.789. The molecule has 1 aliphatic heterocycles. The van der Waals surface area contributed by atoms with Gasteiger partial charge in [0.1, 0.15) is 11.7 Å². The summed E-state index contributed by atoms with van der Waals surface area (Å²) in [5, 5.41) is 3.24. The summed E-state index contributed by atoms with van der Waals surface area (Å²) in [6.45, 7) is 0.872. The fraction of sp³-hybridized carbons (Fsp3) is 0.300. The Morgan fingerprint density at radius 1 is 1.43 bits per heavy atom. The molecule has 1 N–H and O–H groups in total. The summed E-state index contributed by atoms with van der Waals surface area (Å²) in [4.78, 5) is 4.25. The first-order valence-electron chi connectivity index (χ1n) is 4.51. The van der Waals surface area contributed by atoms with Gasteiger partial charge < -0.3 is 5.32 Å². The Balaban J connectivity index is 2.13. The Labute approximate surface area is 86.8 Å². The molecule has 2 rings (SSSR count). The average Bonchev–Trinajstić information content (AvgIpc) is 2.64. The van der Waals surface area contributed by atoms with Gasteiger partial charge in [-0.25, -0.2) is 4.39 Å². The number of anilines is 1. The van der Waals surface area contributed by atoms with Crippen molar-refractivity contribution in [1.82, 2.24) is 0 Å². The van der Waals surface area contributed by atoms with Crippen LogP contribution in [0.1, 0.15) is 12.8 Å². The van der Waals surface area contributed by atoms with Crippen LogP contribution in [0.3, 0.4) is 0 Å². The third-order valence-corrected chi connectivity index (χ3v) is 2.37. The van der Waals surface area contributed by atoms with E-state index < -0.39 is 5.82 Å². The highest BCUT2D eigenvalue weighted by atomic mass is 35.5. The van der Waals surface area contributed by atoms with E-state index >= 15 is 0 Å². The van der Waals surface area contributed by atoms with Gasteiger partial charge in [-0.1, -0.05) is 11.6 Å². The Bertz CT molecular complexity index is 376. The summed E-state index contributed by atoms with van der Waals surface area (Å²) >= 11 is 5.64. The number of benzene rings is 1. The van der Waals surface area contributed by atoms with Crippen molar-refractivity contribution >= 4 is 23.1 Å². The van der Waals surface area contributed by atoms with E-state index in [1.165, 1.54) is 6.07 Å². The van der Waals surface area contributed by atoms with Crippen molar-refractivity contribution in [3.8, 4) is 0 Å². The maximum atomic E-state index is 12.8. The number of halogens is 2. The number of rotatable bonds is 1. The average molecular weight is 213 g/mol. The molecule has 2 nitrogen and oxygen atoms in total. The van der Waals surface area contributed by atoms with Gasteiger partial charge >= 0.3 is 0 Å². The van der Waals surface area contributed by atoms with Crippen LogP contribution in [0.25, 0.3) is 0 Å². The van der Waals surface area contributed by atoms with E-state index in [0.29, 0.717) is 0 Å². The van der Waals surface area contributed by atoms with Crippen molar-refractivity contribution in [2.45, 2.75) is 12.8 Å². The summed E-state index contributed by atoms with van der Waals surface area (Å²) in [5.74, 6) is 0.554. The van der Waals surface area contributed by atoms with Gasteiger partial charge in [0, 0.05) is 18.7 Å². The van der Waals surface area contributed by atoms with Crippen molar-refractivity contribution in [2.24, 2.45) is 4.99 Å². The predicted molar refractivity (Wildman–Crippen MR) is 56.6 cm³/mol. The molecule has 0 radical (unpaired) electrons. The van der Waals surface area contributed by atoms with E-state index in [9.17, 15) is 4.39 Å². The first-order valence-corrected chi connectivity index (χ1v) is 4.89. The molecule has 14 heavy (non-hydrogen) atoms. The number of aliphatic imine (C=N–C) groups is 1. The number of nitrogens with zero attached hydrogens (tertiary/aromatic N) is 1. The predicted octanol–water partition coefficient (Wildman–Crippen LogP) is 3.08. The van der Waals surface area contributed by atoms with Crippen LogP contribution in [0.4, 0.5) is 10.1 Å². The smallest absolute Gasteiger partial charge is 0.141 e. The molecule has 0 aromatic heterocycles. The standard InChI is InChI=1S/C10H10ClFN2/c11-8-6-7(3-4-9(8)12)14-10-2-1-5-13-10/h3-4,6H,1-2,5H2,(H,13,14). The van der Waals surface area contributed by atoms with Gasteiger partial charge in [0.15, 0.2) is 0 Å². The summed E-state index contributed by atoms with van der Waals surface area (Å²) in [7, 11) is 0. The largest absolute Gasteiger partial charge is 0.344 e. The first-order chi connectivity index (χ1) is 6.75. The highest BCUT2D eigenvalue weighted by Gasteiger charge is 2.07. The van der Waals surface area contributed by atoms with Crippen LogP contribution < -0.4 is 5.32 Å². The molecule has 0 saturated carbocycles. The minimum Gasteiger partial charge on any atom is -0.344 e. The van der Waals surface area contributed by atoms with Crippen LogP contribution in [-0.2, 0) is 0 Å². The van der Waals surface area contributed by atoms with Crippen molar-refractivity contribution in [1.29, 1.82) is 0 Å². The van der Waals surface area contributed by atoms with Gasteiger partial charge in [-0.05, 0) is 24.6 Å². The number of hydrogen-bond donors (Lipinski definition) is 1. The van der Waals surface area contributed by atoms with Crippen LogP contribution in [0.5, 0.6) is 0 Å². The highest BCUT2D eigenvalue weighted by Crippen LogP contribution is 2.20. The minimum atomic E-state index is -0.398. The van der Waals surface area contributed by atoms with Gasteiger partial charge in [-0.15, -0.1) is 0 Å². The SMILES string of the molecule is Fc1ccc(NC2=NCCC2)cc1Cl. The van der Waals surface area contributed by atoms with E-state index in [2.05, 4.69) is 10.3 Å². The Kier molecular flexibility index (Phi) is 2.68. The Hall–Kier alpha value is -1.09. The quantitative estimate of drug-likeness (QED) is 0.760. The Morgan fingerprint density at radius 2 is 2.29 bits per heavy atom. The second kappa shape index (κ2) is 3.96. The lowest BCUT2D eigenvalue weighted by Gasteiger charge is -2.05. The zero-order valence-corrected chi connectivity index (χ0v) is 8.31. The fourth-order valence-corrected chi connectivity index (χ4v) is 1.56. The van der Waals surface area contributed by atoms with Crippen molar-refractivity contribution in [3.63, 3.8) is 0 Å². The van der Waals surface area contributed by atoms with Crippen LogP contribution in [0.2, 0.25) is 5.02 Å². The molecule has 0 atom stereocenters. The fourth-order valence-electron chi connectivity index (χ4n) is 1.38. The molecule has 4 heteroatoms. The maximum absolute atomic E-state index is 12.8. The van der Waals surface area contributed by atoms with E-state index in [0.717, 1.165) is 30.9 Å². The molecule has 0 spiro atoms. The van der Waals surface area contributed by atoms with E-state index in [1.807, 2.05) is 0 Å². The normalized spacial score (nSPS) is 15.4. The van der Waals surface area contributed by atoms with Gasteiger partial charge in [0.05, 0.1) is 5.02 Å². The van der Waals surface area contributed by atoms with E-state index in [-0.39, 0.29) is 5.02 Å². The monoisotopic (exact) mass is 212 g/mol. The summed E-state index contributed by atoms with van der Waals surface area (Å²) in [6, 6.07) is 4.57. The summed E-state index contributed by atoms with van der Waals surface area (Å²) < 4.78 is 12.8. The maximum Gasteiger partial charge on any atom is 0.141 e. The third kappa shape index (κ3) is 2.04. The van der Waals surface area contributed by atoms with Crippen LogP contribution in [-0.4, -0.2) is 12.4 Å². The van der Waals surface area contributed by atoms with Crippen molar-refractivity contribution in [3.05, 3.63) is 29.0 Å². The number of amidine groups is 1. The molecule has 1 heterocycles. The lowest BCUT2D eigenvalue weighted by Crippen LogP contribution is -2.08. The first kappa shape index (κ1) is 9.46. The van der Waals surface area contributed by atoms with Crippen LogP contribution >= 0.6 is 11.6 Å². The minimum absolute atomic E-state index is 0.133. The van der Waals surface area contributed by atoms with Crippen molar-refractivity contribution < 1.29 is 4.39 Å². The Morgan fingerprint density at radius 3 is 2.93 bits per heavy atom. The lowest BCUT2D eigenvalue weighted by atomic mass is 10.3. The topological polar surface area (TPSA) is 24.4 Å². The van der Waals surface area contributed by atoms with E-state index in [4.69, 9.17) is 11.6 Å². The number of nitrogens with one attached hydrogen (secondary N) is 1. The molecule has 74 valence electrons. The molecule has 0 aliphatic carbocycles. The second-order valence-corrected chi connectivity index (χ2v) is 3.59. The molecule has 0 amide bonds. The lowest BCUT2D eigenvalue weighted by molar-refractivity contribution is 0.628. The molecule has 1 aromatic rings. The molecule has 1 aromatic carbocycles. The molecule has 0 saturated heterocycles. The second-order valence-electron chi connectivity index (χ2n) is 3.19. The molecule has 0 unspecified atom stereocenters. The van der Waals surface area contributed by atoms with Gasteiger partial charge in [-0.3, -0.25) is 4.99 Å².